The number of methoxy groups -OCH3 is 1. The molecule has 0 aromatic heterocycles. The van der Waals surface area contributed by atoms with E-state index in [1.165, 1.54) is 13.2 Å². The van der Waals surface area contributed by atoms with Crippen molar-refractivity contribution in [3.05, 3.63) is 50.4 Å². The van der Waals surface area contributed by atoms with Gasteiger partial charge in [0.25, 0.3) is 5.91 Å². The summed E-state index contributed by atoms with van der Waals surface area (Å²) in [6, 6.07) is 9.87. The quantitative estimate of drug-likeness (QED) is 0.750. The van der Waals surface area contributed by atoms with E-state index in [1.54, 1.807) is 24.3 Å². The number of ether oxygens (including phenoxy) is 2. The Hall–Kier alpha value is -1.94. The SMILES string of the molecule is COc1cc(C#N)cc(Br)c1OCC(=O)Nc1ccc(Cl)c(Cl)c1. The summed E-state index contributed by atoms with van der Waals surface area (Å²) in [7, 11) is 1.45. The Morgan fingerprint density at radius 3 is 2.67 bits per heavy atom. The molecule has 124 valence electrons. The molecule has 24 heavy (non-hydrogen) atoms. The standard InChI is InChI=1S/C16H11BrCl2N2O3/c1-23-14-5-9(7-20)4-11(17)16(14)24-8-15(22)21-10-2-3-12(18)13(19)6-10/h2-6H,8H2,1H3,(H,21,22). The fourth-order valence-electron chi connectivity index (χ4n) is 1.83. The van der Waals surface area contributed by atoms with E-state index >= 15 is 0 Å². The van der Waals surface area contributed by atoms with Gasteiger partial charge in [-0.3, -0.25) is 4.79 Å². The van der Waals surface area contributed by atoms with E-state index in [4.69, 9.17) is 37.9 Å². The first-order chi connectivity index (χ1) is 11.4. The molecule has 0 heterocycles. The number of nitrogens with zero attached hydrogens (tertiary/aromatic N) is 1. The molecule has 2 aromatic rings. The molecule has 0 radical (unpaired) electrons. The number of benzene rings is 2. The van der Waals surface area contributed by atoms with E-state index < -0.39 is 0 Å². The van der Waals surface area contributed by atoms with Crippen LogP contribution in [0, 0.1) is 11.3 Å². The zero-order chi connectivity index (χ0) is 17.7. The average molecular weight is 430 g/mol. The molecule has 0 fully saturated rings. The predicted octanol–water partition coefficient (Wildman–Crippen LogP) is 4.65. The number of hydrogen-bond acceptors (Lipinski definition) is 4. The maximum Gasteiger partial charge on any atom is 0.262 e. The third-order valence-corrected chi connectivity index (χ3v) is 4.24. The van der Waals surface area contributed by atoms with Gasteiger partial charge in [-0.15, -0.1) is 0 Å². The van der Waals surface area contributed by atoms with Crippen LogP contribution in [-0.2, 0) is 4.79 Å². The van der Waals surface area contributed by atoms with Crippen molar-refractivity contribution < 1.29 is 14.3 Å². The van der Waals surface area contributed by atoms with Crippen LogP contribution in [0.1, 0.15) is 5.56 Å². The van der Waals surface area contributed by atoms with E-state index in [1.807, 2.05) is 6.07 Å². The Bertz CT molecular complexity index is 822. The summed E-state index contributed by atoms with van der Waals surface area (Å²) >= 11 is 15.0. The molecule has 1 N–H and O–H groups in total. The second-order valence-electron chi connectivity index (χ2n) is 4.57. The largest absolute Gasteiger partial charge is 0.493 e. The molecular weight excluding hydrogens is 419 g/mol. The first kappa shape index (κ1) is 18.4. The molecule has 0 aliphatic heterocycles. The van der Waals surface area contributed by atoms with Crippen LogP contribution >= 0.6 is 39.1 Å². The van der Waals surface area contributed by atoms with E-state index in [9.17, 15) is 4.79 Å². The lowest BCUT2D eigenvalue weighted by Gasteiger charge is -2.13. The monoisotopic (exact) mass is 428 g/mol. The van der Waals surface area contributed by atoms with Gasteiger partial charge in [0.2, 0.25) is 0 Å². The Labute approximate surface area is 157 Å². The highest BCUT2D eigenvalue weighted by molar-refractivity contribution is 9.10. The third-order valence-electron chi connectivity index (χ3n) is 2.91. The number of carbonyl (C=O) groups is 1. The van der Waals surface area contributed by atoms with E-state index in [-0.39, 0.29) is 12.5 Å². The van der Waals surface area contributed by atoms with Gasteiger partial charge in [-0.05, 0) is 40.2 Å². The van der Waals surface area contributed by atoms with E-state index in [2.05, 4.69) is 21.2 Å². The lowest BCUT2D eigenvalue weighted by molar-refractivity contribution is -0.118. The number of amides is 1. The summed E-state index contributed by atoms with van der Waals surface area (Å²) in [6.45, 7) is -0.249. The number of rotatable bonds is 5. The van der Waals surface area contributed by atoms with Crippen LogP contribution in [0.25, 0.3) is 0 Å². The number of anilines is 1. The number of halogens is 3. The lowest BCUT2D eigenvalue weighted by Crippen LogP contribution is -2.20. The molecule has 0 spiro atoms. The molecule has 0 saturated carbocycles. The number of nitriles is 1. The first-order valence-corrected chi connectivity index (χ1v) is 8.15. The Balaban J connectivity index is 2.06. The highest BCUT2D eigenvalue weighted by Gasteiger charge is 2.14. The molecule has 2 aromatic carbocycles. The maximum absolute atomic E-state index is 12.0. The zero-order valence-corrected chi connectivity index (χ0v) is 15.5. The summed E-state index contributed by atoms with van der Waals surface area (Å²) in [6.07, 6.45) is 0. The minimum atomic E-state index is -0.383. The molecule has 0 aliphatic rings. The Morgan fingerprint density at radius 1 is 1.29 bits per heavy atom. The van der Waals surface area contributed by atoms with Gasteiger partial charge in [0, 0.05) is 11.8 Å². The van der Waals surface area contributed by atoms with Crippen molar-refractivity contribution in [1.82, 2.24) is 0 Å². The normalized spacial score (nSPS) is 9.96. The van der Waals surface area contributed by atoms with Crippen LogP contribution in [0.2, 0.25) is 10.0 Å². The smallest absolute Gasteiger partial charge is 0.262 e. The Kier molecular flexibility index (Phi) is 6.32. The van der Waals surface area contributed by atoms with Crippen LogP contribution < -0.4 is 14.8 Å². The highest BCUT2D eigenvalue weighted by Crippen LogP contribution is 2.36. The van der Waals surface area contributed by atoms with Crippen molar-refractivity contribution in [1.29, 1.82) is 5.26 Å². The second kappa shape index (κ2) is 8.25. The summed E-state index contributed by atoms with van der Waals surface area (Å²) in [5.74, 6) is 0.302. The third kappa shape index (κ3) is 4.54. The average Bonchev–Trinajstić information content (AvgIpc) is 2.56. The summed E-state index contributed by atoms with van der Waals surface area (Å²) in [4.78, 5) is 12.0. The van der Waals surface area contributed by atoms with Gasteiger partial charge in [0.15, 0.2) is 18.1 Å². The van der Waals surface area contributed by atoms with Gasteiger partial charge in [0.05, 0.1) is 33.3 Å². The molecule has 0 saturated heterocycles. The maximum atomic E-state index is 12.0. The molecular formula is C16H11BrCl2N2O3. The van der Waals surface area contributed by atoms with Crippen molar-refractivity contribution in [2.45, 2.75) is 0 Å². The van der Waals surface area contributed by atoms with Crippen LogP contribution in [0.4, 0.5) is 5.69 Å². The molecule has 1 amide bonds. The van der Waals surface area contributed by atoms with E-state index in [0.29, 0.717) is 37.3 Å². The first-order valence-electron chi connectivity index (χ1n) is 6.60. The van der Waals surface area contributed by atoms with Crippen LogP contribution in [0.15, 0.2) is 34.8 Å². The highest BCUT2D eigenvalue weighted by atomic mass is 79.9. The van der Waals surface area contributed by atoms with Gasteiger partial charge in [-0.2, -0.15) is 5.26 Å². The molecule has 2 rings (SSSR count). The van der Waals surface area contributed by atoms with Gasteiger partial charge in [0.1, 0.15) is 0 Å². The summed E-state index contributed by atoms with van der Waals surface area (Å²) < 4.78 is 11.2. The van der Waals surface area contributed by atoms with Crippen LogP contribution in [-0.4, -0.2) is 19.6 Å². The van der Waals surface area contributed by atoms with Crippen LogP contribution in [0.5, 0.6) is 11.5 Å². The van der Waals surface area contributed by atoms with Crippen molar-refractivity contribution >= 4 is 50.7 Å². The van der Waals surface area contributed by atoms with Gasteiger partial charge in [-0.25, -0.2) is 0 Å². The fourth-order valence-corrected chi connectivity index (χ4v) is 2.69. The van der Waals surface area contributed by atoms with Gasteiger partial charge >= 0.3 is 0 Å². The second-order valence-corrected chi connectivity index (χ2v) is 6.24. The topological polar surface area (TPSA) is 71.3 Å². The minimum absolute atomic E-state index is 0.249. The Morgan fingerprint density at radius 2 is 2.04 bits per heavy atom. The molecule has 0 atom stereocenters. The minimum Gasteiger partial charge on any atom is -0.493 e. The summed E-state index contributed by atoms with van der Waals surface area (Å²) in [5.41, 5.74) is 0.912. The molecule has 0 unspecified atom stereocenters. The number of nitrogens with one attached hydrogen (secondary N) is 1. The predicted molar refractivity (Wildman–Crippen MR) is 96.0 cm³/mol. The number of carbonyl (C=O) groups excluding carboxylic acids is 1. The van der Waals surface area contributed by atoms with Gasteiger partial charge < -0.3 is 14.8 Å². The lowest BCUT2D eigenvalue weighted by atomic mass is 10.2. The van der Waals surface area contributed by atoms with Crippen molar-refractivity contribution in [3.8, 4) is 17.6 Å². The fraction of sp³-hybridized carbons (Fsp3) is 0.125. The van der Waals surface area contributed by atoms with Crippen molar-refractivity contribution in [3.63, 3.8) is 0 Å². The number of hydrogen-bond donors (Lipinski definition) is 1. The van der Waals surface area contributed by atoms with Crippen molar-refractivity contribution in [2.24, 2.45) is 0 Å². The molecule has 5 nitrogen and oxygen atoms in total. The van der Waals surface area contributed by atoms with E-state index in [0.717, 1.165) is 0 Å². The molecule has 0 aliphatic carbocycles. The zero-order valence-electron chi connectivity index (χ0n) is 12.4. The van der Waals surface area contributed by atoms with Crippen molar-refractivity contribution in [2.75, 3.05) is 19.0 Å². The van der Waals surface area contributed by atoms with Gasteiger partial charge in [-0.1, -0.05) is 23.2 Å². The molecule has 8 heteroatoms. The van der Waals surface area contributed by atoms with Crippen LogP contribution in [0.3, 0.4) is 0 Å². The summed E-state index contributed by atoms with van der Waals surface area (Å²) in [5, 5.41) is 12.3. The molecule has 0 bridgehead atoms.